The van der Waals surface area contributed by atoms with Gasteiger partial charge in [-0.15, -0.1) is 0 Å². The van der Waals surface area contributed by atoms with Crippen LogP contribution in [0.1, 0.15) is 11.5 Å². The quantitative estimate of drug-likeness (QED) is 0.886. The Bertz CT molecular complexity index is 520. The lowest BCUT2D eigenvalue weighted by Gasteiger charge is -2.03. The van der Waals surface area contributed by atoms with Crippen molar-refractivity contribution in [3.8, 4) is 0 Å². The molecule has 0 spiro atoms. The number of aromatic nitrogens is 1. The molecule has 2 rings (SSSR count). The van der Waals surface area contributed by atoms with E-state index in [0.29, 0.717) is 17.1 Å². The number of hydrogen-bond acceptors (Lipinski definition) is 3. The molecule has 1 aromatic carbocycles. The first-order valence-corrected chi connectivity index (χ1v) is 5.09. The van der Waals surface area contributed by atoms with Gasteiger partial charge in [0, 0.05) is 5.69 Å². The van der Waals surface area contributed by atoms with E-state index in [-0.39, 0.29) is 18.1 Å². The van der Waals surface area contributed by atoms with Crippen LogP contribution >= 0.6 is 0 Å². The molecule has 1 heterocycles. The average Bonchev–Trinajstić information content (AvgIpc) is 2.68. The summed E-state index contributed by atoms with van der Waals surface area (Å²) in [6.45, 7) is 1.77. The maximum absolute atomic E-state index is 12.6. The van der Waals surface area contributed by atoms with Gasteiger partial charge in [0.25, 0.3) is 0 Å². The summed E-state index contributed by atoms with van der Waals surface area (Å²) in [6.07, 6.45) is 1.42. The fourth-order valence-corrected chi connectivity index (χ4v) is 1.38. The number of anilines is 1. The number of carbonyl (C=O) groups is 1. The maximum atomic E-state index is 12.6. The van der Waals surface area contributed by atoms with Gasteiger partial charge in [-0.25, -0.2) is 9.37 Å². The first-order chi connectivity index (χ1) is 8.15. The van der Waals surface area contributed by atoms with E-state index in [9.17, 15) is 9.18 Å². The van der Waals surface area contributed by atoms with Crippen LogP contribution in [-0.2, 0) is 11.2 Å². The number of amides is 1. The zero-order valence-electron chi connectivity index (χ0n) is 9.24. The number of nitrogens with zero attached hydrogens (tertiary/aromatic N) is 1. The van der Waals surface area contributed by atoms with Crippen molar-refractivity contribution in [3.63, 3.8) is 0 Å². The molecule has 1 amide bonds. The van der Waals surface area contributed by atoms with Gasteiger partial charge in [0.05, 0.1) is 12.1 Å². The third kappa shape index (κ3) is 2.90. The molecule has 0 aliphatic carbocycles. The molecule has 0 aliphatic rings. The third-order valence-corrected chi connectivity index (χ3v) is 2.29. The molecule has 4 nitrogen and oxygen atoms in total. The highest BCUT2D eigenvalue weighted by Gasteiger charge is 2.10. The fraction of sp³-hybridized carbons (Fsp3) is 0.167. The second-order valence-electron chi connectivity index (χ2n) is 3.59. The molecular formula is C12H11FN2O2. The number of aryl methyl sites for hydroxylation is 1. The molecule has 17 heavy (non-hydrogen) atoms. The van der Waals surface area contributed by atoms with Gasteiger partial charge in [0.2, 0.25) is 5.91 Å². The zero-order valence-corrected chi connectivity index (χ0v) is 9.24. The molecule has 0 aliphatic heterocycles. The highest BCUT2D eigenvalue weighted by atomic mass is 19.1. The Morgan fingerprint density at radius 2 is 2.12 bits per heavy atom. The van der Waals surface area contributed by atoms with Crippen molar-refractivity contribution >= 4 is 11.6 Å². The summed E-state index contributed by atoms with van der Waals surface area (Å²) in [5, 5.41) is 2.64. The predicted molar refractivity (Wildman–Crippen MR) is 60.0 cm³/mol. The van der Waals surface area contributed by atoms with Gasteiger partial charge >= 0.3 is 0 Å². The van der Waals surface area contributed by atoms with Gasteiger partial charge in [0.1, 0.15) is 11.6 Å². The van der Waals surface area contributed by atoms with Crippen LogP contribution in [0.4, 0.5) is 10.1 Å². The Labute approximate surface area is 97.5 Å². The minimum Gasteiger partial charge on any atom is -0.448 e. The van der Waals surface area contributed by atoms with Crippen LogP contribution in [-0.4, -0.2) is 10.9 Å². The van der Waals surface area contributed by atoms with Crippen molar-refractivity contribution < 1.29 is 13.6 Å². The van der Waals surface area contributed by atoms with E-state index in [2.05, 4.69) is 10.3 Å². The van der Waals surface area contributed by atoms with Crippen molar-refractivity contribution in [1.29, 1.82) is 0 Å². The first kappa shape index (κ1) is 11.3. The highest BCUT2D eigenvalue weighted by molar-refractivity contribution is 5.91. The van der Waals surface area contributed by atoms with Gasteiger partial charge in [-0.2, -0.15) is 0 Å². The van der Waals surface area contributed by atoms with E-state index in [1.165, 1.54) is 30.7 Å². The number of rotatable bonds is 3. The Morgan fingerprint density at radius 3 is 2.71 bits per heavy atom. The van der Waals surface area contributed by atoms with Crippen LogP contribution in [0.3, 0.4) is 0 Å². The van der Waals surface area contributed by atoms with Crippen LogP contribution in [0.5, 0.6) is 0 Å². The molecule has 0 saturated carbocycles. The predicted octanol–water partition coefficient (Wildman–Crippen LogP) is 2.30. The lowest BCUT2D eigenvalue weighted by Crippen LogP contribution is -2.14. The van der Waals surface area contributed by atoms with E-state index >= 15 is 0 Å². The maximum Gasteiger partial charge on any atom is 0.232 e. The van der Waals surface area contributed by atoms with E-state index in [1.54, 1.807) is 6.92 Å². The van der Waals surface area contributed by atoms with Gasteiger partial charge in [-0.05, 0) is 31.2 Å². The van der Waals surface area contributed by atoms with E-state index in [1.807, 2.05) is 0 Å². The Kier molecular flexibility index (Phi) is 3.18. The SMILES string of the molecule is Cc1ncoc1CC(=O)Nc1ccc(F)cc1. The van der Waals surface area contributed by atoms with Crippen molar-refractivity contribution in [3.05, 3.63) is 47.9 Å². The lowest BCUT2D eigenvalue weighted by atomic mass is 10.2. The molecule has 88 valence electrons. The zero-order chi connectivity index (χ0) is 12.3. The van der Waals surface area contributed by atoms with Crippen LogP contribution in [0.2, 0.25) is 0 Å². The monoisotopic (exact) mass is 234 g/mol. The van der Waals surface area contributed by atoms with Crippen molar-refractivity contribution in [1.82, 2.24) is 4.98 Å². The van der Waals surface area contributed by atoms with Crippen LogP contribution in [0.25, 0.3) is 0 Å². The second kappa shape index (κ2) is 4.78. The van der Waals surface area contributed by atoms with E-state index < -0.39 is 0 Å². The Balaban J connectivity index is 1.98. The molecule has 0 bridgehead atoms. The van der Waals surface area contributed by atoms with Crippen LogP contribution in [0.15, 0.2) is 35.1 Å². The molecule has 0 atom stereocenters. The molecule has 1 N–H and O–H groups in total. The van der Waals surface area contributed by atoms with Crippen molar-refractivity contribution in [2.24, 2.45) is 0 Å². The normalized spacial score (nSPS) is 10.2. The first-order valence-electron chi connectivity index (χ1n) is 5.09. The van der Waals surface area contributed by atoms with E-state index in [0.717, 1.165) is 0 Å². The minimum absolute atomic E-state index is 0.114. The molecule has 1 aromatic heterocycles. The van der Waals surface area contributed by atoms with Crippen molar-refractivity contribution in [2.75, 3.05) is 5.32 Å². The van der Waals surface area contributed by atoms with E-state index in [4.69, 9.17) is 4.42 Å². The Morgan fingerprint density at radius 1 is 1.41 bits per heavy atom. The molecule has 0 unspecified atom stereocenters. The molecular weight excluding hydrogens is 223 g/mol. The summed E-state index contributed by atoms with van der Waals surface area (Å²) >= 11 is 0. The van der Waals surface area contributed by atoms with Crippen molar-refractivity contribution in [2.45, 2.75) is 13.3 Å². The standard InChI is InChI=1S/C12H11FN2O2/c1-8-11(17-7-14-8)6-12(16)15-10-4-2-9(13)3-5-10/h2-5,7H,6H2,1H3,(H,15,16). The molecule has 0 fully saturated rings. The molecule has 2 aromatic rings. The second-order valence-corrected chi connectivity index (χ2v) is 3.59. The van der Waals surface area contributed by atoms with Crippen LogP contribution < -0.4 is 5.32 Å². The van der Waals surface area contributed by atoms with Gasteiger partial charge in [0.15, 0.2) is 6.39 Å². The fourth-order valence-electron chi connectivity index (χ4n) is 1.38. The lowest BCUT2D eigenvalue weighted by molar-refractivity contribution is -0.115. The topological polar surface area (TPSA) is 55.1 Å². The van der Waals surface area contributed by atoms with Gasteiger partial charge in [-0.1, -0.05) is 0 Å². The number of benzene rings is 1. The number of carbonyl (C=O) groups excluding carboxylic acids is 1. The third-order valence-electron chi connectivity index (χ3n) is 2.29. The molecule has 0 radical (unpaired) electrons. The number of hydrogen-bond donors (Lipinski definition) is 1. The Hall–Kier alpha value is -2.17. The summed E-state index contributed by atoms with van der Waals surface area (Å²) < 4.78 is 17.7. The number of oxazole rings is 1. The summed E-state index contributed by atoms with van der Waals surface area (Å²) in [6, 6.07) is 5.57. The largest absolute Gasteiger partial charge is 0.448 e. The summed E-state index contributed by atoms with van der Waals surface area (Å²) in [5.74, 6) is -0.0323. The van der Waals surface area contributed by atoms with Gasteiger partial charge < -0.3 is 9.73 Å². The summed E-state index contributed by atoms with van der Waals surface area (Å²) in [7, 11) is 0. The number of halogens is 1. The smallest absolute Gasteiger partial charge is 0.232 e. The highest BCUT2D eigenvalue weighted by Crippen LogP contribution is 2.10. The summed E-state index contributed by atoms with van der Waals surface area (Å²) in [5.41, 5.74) is 1.24. The number of nitrogens with one attached hydrogen (secondary N) is 1. The average molecular weight is 234 g/mol. The van der Waals surface area contributed by atoms with Gasteiger partial charge in [-0.3, -0.25) is 4.79 Å². The minimum atomic E-state index is -0.339. The van der Waals surface area contributed by atoms with Crippen LogP contribution in [0, 0.1) is 12.7 Å². The molecule has 0 saturated heterocycles. The molecule has 5 heteroatoms. The summed E-state index contributed by atoms with van der Waals surface area (Å²) in [4.78, 5) is 15.5.